The number of carbonyl (C=O) groups excluding carboxylic acids is 1. The van der Waals surface area contributed by atoms with Crippen LogP contribution in [0.5, 0.6) is 0 Å². The van der Waals surface area contributed by atoms with Crippen molar-refractivity contribution in [3.63, 3.8) is 0 Å². The number of ether oxygens (including phenoxy) is 1. The van der Waals surface area contributed by atoms with E-state index in [-0.39, 0.29) is 5.97 Å². The highest BCUT2D eigenvalue weighted by Gasteiger charge is 2.06. The smallest absolute Gasteiger partial charge is 0.336 e. The van der Waals surface area contributed by atoms with Crippen LogP contribution in [0.1, 0.15) is 55.8 Å². The molecule has 0 radical (unpaired) electrons. The first-order chi connectivity index (χ1) is 9.27. The third-order valence-electron chi connectivity index (χ3n) is 2.94. The second kappa shape index (κ2) is 9.16. The lowest BCUT2D eigenvalue weighted by molar-refractivity contribution is 0.0498. The molecule has 0 aliphatic carbocycles. The molecule has 19 heavy (non-hydrogen) atoms. The molecule has 0 saturated carbocycles. The third kappa shape index (κ3) is 6.05. The Hall–Kier alpha value is -1.82. The van der Waals surface area contributed by atoms with Crippen LogP contribution in [0.4, 0.5) is 5.69 Å². The number of hydrogen-bond donors (Lipinski definition) is 0. The van der Waals surface area contributed by atoms with Crippen LogP contribution in [0.15, 0.2) is 24.3 Å². The van der Waals surface area contributed by atoms with Crippen LogP contribution in [0.25, 0.3) is 4.85 Å². The maximum Gasteiger partial charge on any atom is 0.336 e. The fourth-order valence-electron chi connectivity index (χ4n) is 1.83. The molecule has 3 nitrogen and oxygen atoms in total. The zero-order chi connectivity index (χ0) is 13.9. The predicted octanol–water partition coefficient (Wildman–Crippen LogP) is 4.75. The van der Waals surface area contributed by atoms with E-state index >= 15 is 0 Å². The molecule has 102 valence electrons. The molecule has 0 unspecified atom stereocenters. The van der Waals surface area contributed by atoms with E-state index in [4.69, 9.17) is 11.3 Å². The number of esters is 1. The second-order valence-corrected chi connectivity index (χ2v) is 4.57. The summed E-state index contributed by atoms with van der Waals surface area (Å²) in [5.41, 5.74) is 0.925. The monoisotopic (exact) mass is 259 g/mol. The standard InChI is InChI=1S/C16H21NO2/c1-3-4-5-6-7-8-12-19-16(18)14-10-9-11-15(13-14)17-2/h9-11,13H,3-8,12H2,1H3. The van der Waals surface area contributed by atoms with Gasteiger partial charge in [0.1, 0.15) is 0 Å². The first-order valence-corrected chi connectivity index (χ1v) is 6.92. The van der Waals surface area contributed by atoms with Gasteiger partial charge in [0.25, 0.3) is 0 Å². The van der Waals surface area contributed by atoms with Gasteiger partial charge in [0, 0.05) is 5.56 Å². The molecular weight excluding hydrogens is 238 g/mol. The Kier molecular flexibility index (Phi) is 7.34. The van der Waals surface area contributed by atoms with Crippen LogP contribution in [0.3, 0.4) is 0 Å². The van der Waals surface area contributed by atoms with E-state index in [1.807, 2.05) is 0 Å². The number of carbonyl (C=O) groups is 1. The van der Waals surface area contributed by atoms with Crippen LogP contribution in [0.2, 0.25) is 0 Å². The molecule has 0 aromatic heterocycles. The highest BCUT2D eigenvalue weighted by Crippen LogP contribution is 2.14. The Bertz CT molecular complexity index is 435. The van der Waals surface area contributed by atoms with E-state index in [1.54, 1.807) is 24.3 Å². The predicted molar refractivity (Wildman–Crippen MR) is 76.4 cm³/mol. The highest BCUT2D eigenvalue weighted by molar-refractivity contribution is 5.90. The minimum Gasteiger partial charge on any atom is -0.462 e. The molecule has 0 saturated heterocycles. The van der Waals surface area contributed by atoms with Crippen molar-refractivity contribution in [1.82, 2.24) is 0 Å². The molecular formula is C16H21NO2. The molecule has 0 spiro atoms. The number of unbranched alkanes of at least 4 members (excludes halogenated alkanes) is 5. The van der Waals surface area contributed by atoms with E-state index in [0.29, 0.717) is 17.9 Å². The average Bonchev–Trinajstić information content (AvgIpc) is 2.46. The molecule has 0 bridgehead atoms. The van der Waals surface area contributed by atoms with Crippen molar-refractivity contribution in [1.29, 1.82) is 0 Å². The summed E-state index contributed by atoms with van der Waals surface area (Å²) in [6.45, 7) is 9.56. The van der Waals surface area contributed by atoms with Gasteiger partial charge in [-0.25, -0.2) is 9.64 Å². The molecule has 0 aliphatic heterocycles. The van der Waals surface area contributed by atoms with Crippen LogP contribution in [-0.4, -0.2) is 12.6 Å². The van der Waals surface area contributed by atoms with Crippen molar-refractivity contribution in [2.45, 2.75) is 45.4 Å². The fraction of sp³-hybridized carbons (Fsp3) is 0.500. The fourth-order valence-corrected chi connectivity index (χ4v) is 1.83. The zero-order valence-electron chi connectivity index (χ0n) is 11.5. The summed E-state index contributed by atoms with van der Waals surface area (Å²) >= 11 is 0. The van der Waals surface area contributed by atoms with E-state index in [0.717, 1.165) is 12.8 Å². The lowest BCUT2D eigenvalue weighted by atomic mass is 10.1. The van der Waals surface area contributed by atoms with Gasteiger partial charge < -0.3 is 4.74 Å². The Balaban J connectivity index is 2.22. The molecule has 0 fully saturated rings. The van der Waals surface area contributed by atoms with Crippen molar-refractivity contribution in [3.8, 4) is 0 Å². The van der Waals surface area contributed by atoms with Crippen molar-refractivity contribution in [2.75, 3.05) is 6.61 Å². The minimum absolute atomic E-state index is 0.334. The van der Waals surface area contributed by atoms with Crippen molar-refractivity contribution in [2.24, 2.45) is 0 Å². The molecule has 0 aliphatic rings. The first kappa shape index (κ1) is 15.2. The van der Waals surface area contributed by atoms with Gasteiger partial charge in [0.05, 0.1) is 13.2 Å². The summed E-state index contributed by atoms with van der Waals surface area (Å²) < 4.78 is 5.19. The average molecular weight is 259 g/mol. The molecule has 3 heteroatoms. The summed E-state index contributed by atoms with van der Waals surface area (Å²) in [4.78, 5) is 15.0. The van der Waals surface area contributed by atoms with E-state index < -0.39 is 0 Å². The molecule has 1 rings (SSSR count). The summed E-state index contributed by atoms with van der Waals surface area (Å²) in [6, 6.07) is 6.63. The zero-order valence-corrected chi connectivity index (χ0v) is 11.5. The summed E-state index contributed by atoms with van der Waals surface area (Å²) in [5, 5.41) is 0. The van der Waals surface area contributed by atoms with Crippen LogP contribution in [-0.2, 0) is 4.74 Å². The summed E-state index contributed by atoms with van der Waals surface area (Å²) in [6.07, 6.45) is 7.01. The number of benzene rings is 1. The SMILES string of the molecule is [C-]#[N+]c1cccc(C(=O)OCCCCCCCC)c1. The Morgan fingerprint density at radius 1 is 1.21 bits per heavy atom. The maximum atomic E-state index is 11.7. The Morgan fingerprint density at radius 3 is 2.68 bits per heavy atom. The number of hydrogen-bond acceptors (Lipinski definition) is 2. The molecule has 0 heterocycles. The van der Waals surface area contributed by atoms with Gasteiger partial charge in [0.2, 0.25) is 0 Å². The second-order valence-electron chi connectivity index (χ2n) is 4.57. The molecule has 1 aromatic carbocycles. The molecule has 0 N–H and O–H groups in total. The van der Waals surface area contributed by atoms with Crippen LogP contribution >= 0.6 is 0 Å². The third-order valence-corrected chi connectivity index (χ3v) is 2.94. The number of nitrogens with zero attached hydrogens (tertiary/aromatic N) is 1. The van der Waals surface area contributed by atoms with Gasteiger partial charge in [-0.3, -0.25) is 0 Å². The van der Waals surface area contributed by atoms with Gasteiger partial charge in [0.15, 0.2) is 5.69 Å². The van der Waals surface area contributed by atoms with E-state index in [1.165, 1.54) is 25.7 Å². The molecule has 0 atom stereocenters. The quantitative estimate of drug-likeness (QED) is 0.383. The van der Waals surface area contributed by atoms with Gasteiger partial charge >= 0.3 is 5.97 Å². The highest BCUT2D eigenvalue weighted by atomic mass is 16.5. The topological polar surface area (TPSA) is 30.7 Å². The van der Waals surface area contributed by atoms with Gasteiger partial charge in [-0.15, -0.1) is 0 Å². The lowest BCUT2D eigenvalue weighted by Gasteiger charge is -2.05. The molecule has 0 amide bonds. The van der Waals surface area contributed by atoms with E-state index in [2.05, 4.69) is 11.8 Å². The lowest BCUT2D eigenvalue weighted by Crippen LogP contribution is -2.06. The summed E-state index contributed by atoms with van der Waals surface area (Å²) in [7, 11) is 0. The van der Waals surface area contributed by atoms with Gasteiger partial charge in [-0.2, -0.15) is 0 Å². The van der Waals surface area contributed by atoms with Gasteiger partial charge in [-0.1, -0.05) is 57.2 Å². The first-order valence-electron chi connectivity index (χ1n) is 6.92. The largest absolute Gasteiger partial charge is 0.462 e. The van der Waals surface area contributed by atoms with Crippen molar-refractivity contribution >= 4 is 11.7 Å². The van der Waals surface area contributed by atoms with Crippen molar-refractivity contribution < 1.29 is 9.53 Å². The summed E-state index contributed by atoms with van der Waals surface area (Å²) in [5.74, 6) is -0.334. The maximum absolute atomic E-state index is 11.7. The Labute approximate surface area is 115 Å². The minimum atomic E-state index is -0.334. The van der Waals surface area contributed by atoms with Crippen LogP contribution in [0, 0.1) is 6.57 Å². The number of rotatable bonds is 8. The van der Waals surface area contributed by atoms with E-state index in [9.17, 15) is 4.79 Å². The normalized spacial score (nSPS) is 9.89. The Morgan fingerprint density at radius 2 is 1.95 bits per heavy atom. The van der Waals surface area contributed by atoms with Gasteiger partial charge in [-0.05, 0) is 12.5 Å². The van der Waals surface area contributed by atoms with Crippen LogP contribution < -0.4 is 0 Å². The molecule has 1 aromatic rings. The van der Waals surface area contributed by atoms with Crippen molar-refractivity contribution in [3.05, 3.63) is 41.2 Å².